The van der Waals surface area contributed by atoms with E-state index in [0.717, 1.165) is 11.6 Å². The third kappa shape index (κ3) is 5.05. The van der Waals surface area contributed by atoms with Crippen LogP contribution in [0.1, 0.15) is 71.2 Å². The maximum Gasteiger partial charge on any atom is 0.408 e. The summed E-state index contributed by atoms with van der Waals surface area (Å²) in [5.74, 6) is -0.508. The highest BCUT2D eigenvalue weighted by molar-refractivity contribution is 5.74. The van der Waals surface area contributed by atoms with Gasteiger partial charge in [-0.05, 0) is 50.3 Å². The molecule has 1 amide bonds. The Morgan fingerprint density at radius 3 is 2.53 bits per heavy atom. The second-order valence-corrected chi connectivity index (χ2v) is 11.2. The summed E-state index contributed by atoms with van der Waals surface area (Å²) in [7, 11) is 0. The predicted molar refractivity (Wildman–Crippen MR) is 126 cm³/mol. The minimum absolute atomic E-state index is 0.151. The smallest absolute Gasteiger partial charge is 0.408 e. The average Bonchev–Trinajstić information content (AvgIpc) is 3.24. The molecule has 34 heavy (non-hydrogen) atoms. The van der Waals surface area contributed by atoms with E-state index in [2.05, 4.69) is 15.4 Å². The number of hydrogen-bond acceptors (Lipinski definition) is 4. The van der Waals surface area contributed by atoms with Crippen LogP contribution in [-0.4, -0.2) is 32.1 Å². The standard InChI is InChI=1S/C26H32F2N4O2/c1-24(2,3)20(29-23(33)34-25(4,5)6)22-30-21(19-17-14-26(17,28)13-12-18(19)27)31-32(22)15-16-10-8-7-9-11-16/h7-13,17,20H,14-15H2,1-6H3,(H,29,33). The van der Waals surface area contributed by atoms with Crippen molar-refractivity contribution in [2.75, 3.05) is 0 Å². The topological polar surface area (TPSA) is 69.0 Å². The molecule has 3 atom stereocenters. The third-order valence-electron chi connectivity index (χ3n) is 5.95. The maximum atomic E-state index is 14.8. The second kappa shape index (κ2) is 8.32. The van der Waals surface area contributed by atoms with E-state index >= 15 is 0 Å². The molecule has 0 radical (unpaired) electrons. The van der Waals surface area contributed by atoms with Gasteiger partial charge < -0.3 is 10.1 Å². The maximum absolute atomic E-state index is 14.8. The van der Waals surface area contributed by atoms with Crippen LogP contribution in [0.3, 0.4) is 0 Å². The lowest BCUT2D eigenvalue weighted by Crippen LogP contribution is -2.41. The number of carbonyl (C=O) groups is 1. The van der Waals surface area contributed by atoms with Gasteiger partial charge >= 0.3 is 6.09 Å². The lowest BCUT2D eigenvalue weighted by Gasteiger charge is -2.31. The Hall–Kier alpha value is -3.03. The Balaban J connectivity index is 1.77. The van der Waals surface area contributed by atoms with E-state index in [0.29, 0.717) is 12.4 Å². The molecule has 1 aromatic heterocycles. The van der Waals surface area contributed by atoms with Gasteiger partial charge in [-0.15, -0.1) is 0 Å². The molecule has 3 unspecified atom stereocenters. The average molecular weight is 471 g/mol. The zero-order chi connectivity index (χ0) is 24.9. The molecule has 0 saturated heterocycles. The highest BCUT2D eigenvalue weighted by Gasteiger charge is 2.59. The molecule has 2 aromatic rings. The van der Waals surface area contributed by atoms with Crippen LogP contribution in [0.2, 0.25) is 0 Å². The first-order valence-corrected chi connectivity index (χ1v) is 11.5. The summed E-state index contributed by atoms with van der Waals surface area (Å²) >= 11 is 0. The number of alkyl halides is 1. The molecular weight excluding hydrogens is 438 g/mol. The van der Waals surface area contributed by atoms with E-state index in [9.17, 15) is 13.6 Å². The van der Waals surface area contributed by atoms with Crippen molar-refractivity contribution in [2.24, 2.45) is 11.3 Å². The van der Waals surface area contributed by atoms with Crippen LogP contribution < -0.4 is 5.32 Å². The van der Waals surface area contributed by atoms with E-state index < -0.39 is 40.6 Å². The Morgan fingerprint density at radius 1 is 1.24 bits per heavy atom. The molecular formula is C26H32F2N4O2. The Bertz CT molecular complexity index is 1140. The number of aromatic nitrogens is 3. The number of nitrogens with one attached hydrogen (secondary N) is 1. The number of rotatable bonds is 5. The summed E-state index contributed by atoms with van der Waals surface area (Å²) in [4.78, 5) is 17.4. The Morgan fingerprint density at radius 2 is 1.91 bits per heavy atom. The molecule has 0 aliphatic heterocycles. The highest BCUT2D eigenvalue weighted by atomic mass is 19.1. The van der Waals surface area contributed by atoms with Crippen LogP contribution in [0.25, 0.3) is 5.57 Å². The van der Waals surface area contributed by atoms with Crippen molar-refractivity contribution >= 4 is 11.7 Å². The molecule has 2 aliphatic carbocycles. The van der Waals surface area contributed by atoms with Crippen LogP contribution in [0, 0.1) is 11.3 Å². The lowest BCUT2D eigenvalue weighted by molar-refractivity contribution is 0.0455. The SMILES string of the molecule is CC(C)(C)OC(=O)NC(c1nc(C2=C(F)C=CC3(F)CC23)nn1Cc1ccccc1)C(C)(C)C. The Labute approximate surface area is 199 Å². The van der Waals surface area contributed by atoms with Gasteiger partial charge in [-0.3, -0.25) is 0 Å². The Kier molecular flexibility index (Phi) is 5.90. The van der Waals surface area contributed by atoms with Gasteiger partial charge in [-0.2, -0.15) is 5.10 Å². The first kappa shape index (κ1) is 24.1. The molecule has 2 aliphatic rings. The van der Waals surface area contributed by atoms with Crippen molar-refractivity contribution in [3.05, 3.63) is 65.5 Å². The molecule has 1 aromatic carbocycles. The quantitative estimate of drug-likeness (QED) is 0.589. The number of fused-ring (bicyclic) bond motifs is 1. The summed E-state index contributed by atoms with van der Waals surface area (Å²) in [6.45, 7) is 11.6. The minimum Gasteiger partial charge on any atom is -0.444 e. The van der Waals surface area contributed by atoms with Crippen LogP contribution >= 0.6 is 0 Å². The highest BCUT2D eigenvalue weighted by Crippen LogP contribution is 2.58. The predicted octanol–water partition coefficient (Wildman–Crippen LogP) is 5.92. The molecule has 1 heterocycles. The van der Waals surface area contributed by atoms with Crippen molar-refractivity contribution in [2.45, 2.75) is 71.8 Å². The van der Waals surface area contributed by atoms with E-state index in [1.165, 1.54) is 6.08 Å². The van der Waals surface area contributed by atoms with Crippen LogP contribution in [0.4, 0.5) is 13.6 Å². The number of carbonyl (C=O) groups excluding carboxylic acids is 1. The van der Waals surface area contributed by atoms with E-state index in [1.807, 2.05) is 51.1 Å². The largest absolute Gasteiger partial charge is 0.444 e. The van der Waals surface area contributed by atoms with Gasteiger partial charge in [-0.1, -0.05) is 51.1 Å². The number of hydrogen-bond donors (Lipinski definition) is 1. The molecule has 0 bridgehead atoms. The van der Waals surface area contributed by atoms with Crippen molar-refractivity contribution in [3.63, 3.8) is 0 Å². The first-order valence-electron chi connectivity index (χ1n) is 11.5. The molecule has 1 fully saturated rings. The number of halogens is 2. The number of ether oxygens (including phenoxy) is 1. The van der Waals surface area contributed by atoms with Gasteiger partial charge in [0.1, 0.15) is 17.1 Å². The number of amides is 1. The van der Waals surface area contributed by atoms with Crippen molar-refractivity contribution in [1.29, 1.82) is 0 Å². The van der Waals surface area contributed by atoms with Crippen molar-refractivity contribution in [1.82, 2.24) is 20.1 Å². The summed E-state index contributed by atoms with van der Waals surface area (Å²) in [6.07, 6.45) is 2.07. The molecule has 0 spiro atoms. The molecule has 182 valence electrons. The fourth-order valence-corrected chi connectivity index (χ4v) is 4.16. The van der Waals surface area contributed by atoms with Gasteiger partial charge in [0, 0.05) is 11.5 Å². The van der Waals surface area contributed by atoms with Crippen molar-refractivity contribution in [3.8, 4) is 0 Å². The zero-order valence-electron chi connectivity index (χ0n) is 20.5. The molecule has 6 nitrogen and oxygen atoms in total. The number of benzene rings is 1. The van der Waals surface area contributed by atoms with Gasteiger partial charge in [0.25, 0.3) is 0 Å². The third-order valence-corrected chi connectivity index (χ3v) is 5.95. The summed E-state index contributed by atoms with van der Waals surface area (Å²) < 4.78 is 36.7. The van der Waals surface area contributed by atoms with Crippen molar-refractivity contribution < 1.29 is 18.3 Å². The molecule has 1 saturated carbocycles. The second-order valence-electron chi connectivity index (χ2n) is 11.2. The molecule has 8 heteroatoms. The molecule has 1 N–H and O–H groups in total. The number of alkyl carbamates (subject to hydrolysis) is 1. The monoisotopic (exact) mass is 470 g/mol. The minimum atomic E-state index is -1.53. The molecule has 4 rings (SSSR count). The number of allylic oxidation sites excluding steroid dienone is 4. The normalized spacial score (nSPS) is 22.9. The summed E-state index contributed by atoms with van der Waals surface area (Å²) in [6, 6.07) is 9.07. The number of nitrogens with zero attached hydrogens (tertiary/aromatic N) is 3. The summed E-state index contributed by atoms with van der Waals surface area (Å²) in [5.41, 5.74) is -1.53. The van der Waals surface area contributed by atoms with Crippen LogP contribution in [-0.2, 0) is 11.3 Å². The van der Waals surface area contributed by atoms with Gasteiger partial charge in [0.05, 0.1) is 12.6 Å². The zero-order valence-corrected chi connectivity index (χ0v) is 20.5. The van der Waals surface area contributed by atoms with E-state index in [-0.39, 0.29) is 17.8 Å². The van der Waals surface area contributed by atoms with Crippen LogP contribution in [0.5, 0.6) is 0 Å². The van der Waals surface area contributed by atoms with E-state index in [4.69, 9.17) is 4.74 Å². The fourth-order valence-electron chi connectivity index (χ4n) is 4.16. The summed E-state index contributed by atoms with van der Waals surface area (Å²) in [5, 5.41) is 7.55. The lowest BCUT2D eigenvalue weighted by atomic mass is 9.86. The van der Waals surface area contributed by atoms with Gasteiger partial charge in [0.15, 0.2) is 11.6 Å². The van der Waals surface area contributed by atoms with Gasteiger partial charge in [-0.25, -0.2) is 23.2 Å². The van der Waals surface area contributed by atoms with Gasteiger partial charge in [0.2, 0.25) is 0 Å². The van der Waals surface area contributed by atoms with E-state index in [1.54, 1.807) is 25.5 Å². The fraction of sp³-hybridized carbons (Fsp3) is 0.500. The first-order chi connectivity index (χ1) is 15.8. The van der Waals surface area contributed by atoms with Crippen LogP contribution in [0.15, 0.2) is 48.3 Å².